The number of anilines is 1. The quantitative estimate of drug-likeness (QED) is 0.671. The molecule has 0 aliphatic rings. The number of amides is 1. The van der Waals surface area contributed by atoms with Gasteiger partial charge in [0.05, 0.1) is 5.56 Å². The first-order valence-corrected chi connectivity index (χ1v) is 7.94. The molecule has 0 radical (unpaired) electrons. The lowest BCUT2D eigenvalue weighted by Gasteiger charge is -2.09. The maximum atomic E-state index is 13.0. The highest BCUT2D eigenvalue weighted by atomic mass is 19.4. The lowest BCUT2D eigenvalue weighted by Crippen LogP contribution is -2.09. The Hall–Kier alpha value is -3.48. The van der Waals surface area contributed by atoms with Crippen LogP contribution in [0.5, 0.6) is 0 Å². The van der Waals surface area contributed by atoms with E-state index in [4.69, 9.17) is 0 Å². The van der Waals surface area contributed by atoms with E-state index in [1.165, 1.54) is 24.5 Å². The van der Waals surface area contributed by atoms with E-state index in [9.17, 15) is 18.0 Å². The average Bonchev–Trinajstić information content (AvgIpc) is 2.67. The van der Waals surface area contributed by atoms with Gasteiger partial charge in [0, 0.05) is 29.7 Å². The van der Waals surface area contributed by atoms with Crippen LogP contribution in [0.15, 0.2) is 73.3 Å². The topological polar surface area (TPSA) is 54.9 Å². The number of halogens is 3. The SMILES string of the molecule is O=C(/C=C/c1ccccc1C(F)(F)F)Nc1cccc(-c2cncnc2)c1. The molecule has 27 heavy (non-hydrogen) atoms. The Bertz CT molecular complexity index is 969. The second-order valence-electron chi connectivity index (χ2n) is 5.62. The van der Waals surface area contributed by atoms with E-state index in [1.807, 2.05) is 6.07 Å². The third-order valence-electron chi connectivity index (χ3n) is 3.70. The molecule has 0 saturated carbocycles. The van der Waals surface area contributed by atoms with Crippen LogP contribution in [0.4, 0.5) is 18.9 Å². The van der Waals surface area contributed by atoms with Crippen LogP contribution in [0, 0.1) is 0 Å². The van der Waals surface area contributed by atoms with Crippen LogP contribution in [0.1, 0.15) is 11.1 Å². The molecule has 1 heterocycles. The van der Waals surface area contributed by atoms with E-state index in [0.717, 1.165) is 29.3 Å². The number of benzene rings is 2. The molecule has 3 aromatic rings. The molecule has 0 bridgehead atoms. The Kier molecular flexibility index (Phi) is 5.30. The zero-order chi connectivity index (χ0) is 19.3. The van der Waals surface area contributed by atoms with Gasteiger partial charge in [-0.15, -0.1) is 0 Å². The van der Waals surface area contributed by atoms with Crippen molar-refractivity contribution in [2.75, 3.05) is 5.32 Å². The van der Waals surface area contributed by atoms with Gasteiger partial charge in [-0.3, -0.25) is 4.79 Å². The molecule has 0 saturated heterocycles. The predicted molar refractivity (Wildman–Crippen MR) is 96.6 cm³/mol. The number of carbonyl (C=O) groups is 1. The van der Waals surface area contributed by atoms with Gasteiger partial charge in [-0.25, -0.2) is 9.97 Å². The van der Waals surface area contributed by atoms with Crippen molar-refractivity contribution in [3.05, 3.63) is 84.5 Å². The molecular formula is C20H14F3N3O. The molecule has 1 N–H and O–H groups in total. The van der Waals surface area contributed by atoms with Crippen LogP contribution < -0.4 is 5.32 Å². The first-order chi connectivity index (χ1) is 12.9. The fraction of sp³-hybridized carbons (Fsp3) is 0.0500. The summed E-state index contributed by atoms with van der Waals surface area (Å²) in [5, 5.41) is 2.63. The third-order valence-corrected chi connectivity index (χ3v) is 3.70. The first kappa shape index (κ1) is 18.3. The summed E-state index contributed by atoms with van der Waals surface area (Å²) in [5.74, 6) is -0.534. The summed E-state index contributed by atoms with van der Waals surface area (Å²) in [5.41, 5.74) is 1.23. The summed E-state index contributed by atoms with van der Waals surface area (Å²) in [4.78, 5) is 20.0. The lowest BCUT2D eigenvalue weighted by molar-refractivity contribution is -0.137. The smallest absolute Gasteiger partial charge is 0.322 e. The molecular weight excluding hydrogens is 355 g/mol. The number of aromatic nitrogens is 2. The molecule has 0 atom stereocenters. The fourth-order valence-electron chi connectivity index (χ4n) is 2.47. The second kappa shape index (κ2) is 7.82. The molecule has 0 aliphatic carbocycles. The summed E-state index contributed by atoms with van der Waals surface area (Å²) in [6, 6.07) is 12.1. The Morgan fingerprint density at radius 1 is 0.963 bits per heavy atom. The fourth-order valence-corrected chi connectivity index (χ4v) is 2.47. The summed E-state index contributed by atoms with van der Waals surface area (Å²) >= 11 is 0. The monoisotopic (exact) mass is 369 g/mol. The number of nitrogens with one attached hydrogen (secondary N) is 1. The van der Waals surface area contributed by atoms with Gasteiger partial charge in [-0.05, 0) is 35.4 Å². The highest BCUT2D eigenvalue weighted by Gasteiger charge is 2.32. The van der Waals surface area contributed by atoms with Gasteiger partial charge in [0.25, 0.3) is 0 Å². The molecule has 2 aromatic carbocycles. The van der Waals surface area contributed by atoms with Crippen LogP contribution in [-0.4, -0.2) is 15.9 Å². The minimum Gasteiger partial charge on any atom is -0.322 e. The van der Waals surface area contributed by atoms with E-state index in [0.29, 0.717) is 5.69 Å². The Labute approximate surface area is 153 Å². The first-order valence-electron chi connectivity index (χ1n) is 7.94. The average molecular weight is 369 g/mol. The van der Waals surface area contributed by atoms with E-state index < -0.39 is 17.6 Å². The normalized spacial score (nSPS) is 11.5. The number of alkyl halides is 3. The maximum absolute atomic E-state index is 13.0. The van der Waals surface area contributed by atoms with E-state index in [-0.39, 0.29) is 5.56 Å². The van der Waals surface area contributed by atoms with Crippen molar-refractivity contribution in [1.29, 1.82) is 0 Å². The molecule has 1 aromatic heterocycles. The molecule has 3 rings (SSSR count). The second-order valence-corrected chi connectivity index (χ2v) is 5.62. The van der Waals surface area contributed by atoms with Gasteiger partial charge in [-0.2, -0.15) is 13.2 Å². The molecule has 0 aliphatic heterocycles. The largest absolute Gasteiger partial charge is 0.416 e. The molecule has 0 fully saturated rings. The van der Waals surface area contributed by atoms with Crippen molar-refractivity contribution in [2.24, 2.45) is 0 Å². The zero-order valence-electron chi connectivity index (χ0n) is 13.9. The molecule has 136 valence electrons. The van der Waals surface area contributed by atoms with Crippen LogP contribution in [0.3, 0.4) is 0 Å². The highest BCUT2D eigenvalue weighted by molar-refractivity contribution is 6.02. The van der Waals surface area contributed by atoms with Crippen molar-refractivity contribution in [3.63, 3.8) is 0 Å². The summed E-state index contributed by atoms with van der Waals surface area (Å²) in [6.07, 6.45) is 2.43. The Morgan fingerprint density at radius 3 is 2.44 bits per heavy atom. The Balaban J connectivity index is 1.75. The number of hydrogen-bond acceptors (Lipinski definition) is 3. The van der Waals surface area contributed by atoms with Crippen molar-refractivity contribution >= 4 is 17.7 Å². The zero-order valence-corrected chi connectivity index (χ0v) is 13.9. The van der Waals surface area contributed by atoms with Gasteiger partial charge in [0.15, 0.2) is 0 Å². The van der Waals surface area contributed by atoms with E-state index in [2.05, 4.69) is 15.3 Å². The Morgan fingerprint density at radius 2 is 1.70 bits per heavy atom. The number of nitrogens with zero attached hydrogens (tertiary/aromatic N) is 2. The highest BCUT2D eigenvalue weighted by Crippen LogP contribution is 2.32. The standard InChI is InChI=1S/C20H14F3N3O/c21-20(22,23)18-7-2-1-4-14(18)8-9-19(27)26-17-6-3-5-15(10-17)16-11-24-13-25-12-16/h1-13H,(H,26,27)/b9-8+. The molecule has 4 nitrogen and oxygen atoms in total. The van der Waals surface area contributed by atoms with Crippen LogP contribution in [0.2, 0.25) is 0 Å². The van der Waals surface area contributed by atoms with Crippen LogP contribution >= 0.6 is 0 Å². The van der Waals surface area contributed by atoms with Gasteiger partial charge in [-0.1, -0.05) is 30.3 Å². The minimum absolute atomic E-state index is 0.0738. The van der Waals surface area contributed by atoms with Crippen molar-refractivity contribution in [2.45, 2.75) is 6.18 Å². The molecule has 0 spiro atoms. The van der Waals surface area contributed by atoms with Crippen molar-refractivity contribution in [1.82, 2.24) is 9.97 Å². The van der Waals surface area contributed by atoms with Gasteiger partial charge in [0.2, 0.25) is 5.91 Å². The summed E-state index contributed by atoms with van der Waals surface area (Å²) < 4.78 is 38.9. The van der Waals surface area contributed by atoms with Crippen LogP contribution in [-0.2, 0) is 11.0 Å². The van der Waals surface area contributed by atoms with E-state index >= 15 is 0 Å². The molecule has 7 heteroatoms. The predicted octanol–water partition coefficient (Wildman–Crippen LogP) is 4.81. The van der Waals surface area contributed by atoms with Gasteiger partial charge < -0.3 is 5.32 Å². The van der Waals surface area contributed by atoms with Crippen molar-refractivity contribution < 1.29 is 18.0 Å². The van der Waals surface area contributed by atoms with Gasteiger partial charge in [0.1, 0.15) is 6.33 Å². The number of carbonyl (C=O) groups excluding carboxylic acids is 1. The molecule has 0 unspecified atom stereocenters. The van der Waals surface area contributed by atoms with Crippen LogP contribution in [0.25, 0.3) is 17.2 Å². The third kappa shape index (κ3) is 4.78. The minimum atomic E-state index is -4.48. The molecule has 1 amide bonds. The van der Waals surface area contributed by atoms with Gasteiger partial charge >= 0.3 is 6.18 Å². The number of hydrogen-bond donors (Lipinski definition) is 1. The lowest BCUT2D eigenvalue weighted by atomic mass is 10.1. The van der Waals surface area contributed by atoms with Crippen molar-refractivity contribution in [3.8, 4) is 11.1 Å². The summed E-state index contributed by atoms with van der Waals surface area (Å²) in [6.45, 7) is 0. The van der Waals surface area contributed by atoms with E-state index in [1.54, 1.807) is 30.6 Å². The maximum Gasteiger partial charge on any atom is 0.416 e. The summed E-state index contributed by atoms with van der Waals surface area (Å²) in [7, 11) is 0. The number of rotatable bonds is 4.